The number of ether oxygens (including phenoxy) is 1. The first-order chi connectivity index (χ1) is 10.3. The van der Waals surface area contributed by atoms with Crippen LogP contribution in [0.4, 0.5) is 13.2 Å². The Kier molecular flexibility index (Phi) is 6.87. The number of nitrogens with two attached hydrogens (primary N) is 1. The summed E-state index contributed by atoms with van der Waals surface area (Å²) in [4.78, 5) is 11.3. The van der Waals surface area contributed by atoms with E-state index in [2.05, 4.69) is 4.74 Å². The molecule has 0 radical (unpaired) electrons. The van der Waals surface area contributed by atoms with Gasteiger partial charge in [0.25, 0.3) is 0 Å². The number of rotatable bonds is 7. The lowest BCUT2D eigenvalue weighted by Crippen LogP contribution is -2.33. The molecule has 0 fully saturated rings. The average molecular weight is 317 g/mol. The molecule has 2 atom stereocenters. The molecule has 2 unspecified atom stereocenters. The summed E-state index contributed by atoms with van der Waals surface area (Å²) in [5, 5.41) is 0. The first-order valence-electron chi connectivity index (χ1n) is 7.28. The zero-order chi connectivity index (χ0) is 16.8. The molecule has 0 saturated carbocycles. The molecule has 0 aromatic heterocycles. The predicted octanol–water partition coefficient (Wildman–Crippen LogP) is 3.55. The minimum atomic E-state index is -4.35. The summed E-state index contributed by atoms with van der Waals surface area (Å²) in [7, 11) is 1.27. The molecule has 3 nitrogen and oxygen atoms in total. The first kappa shape index (κ1) is 18.5. The average Bonchev–Trinajstić information content (AvgIpc) is 2.49. The van der Waals surface area contributed by atoms with Gasteiger partial charge in [-0.3, -0.25) is 4.79 Å². The molecule has 124 valence electrons. The van der Waals surface area contributed by atoms with E-state index in [1.54, 1.807) is 6.07 Å². The molecule has 6 heteroatoms. The Bertz CT molecular complexity index is 489. The molecule has 0 aliphatic rings. The molecule has 0 aliphatic carbocycles. The van der Waals surface area contributed by atoms with Crippen molar-refractivity contribution in [3.8, 4) is 0 Å². The van der Waals surface area contributed by atoms with Gasteiger partial charge in [-0.15, -0.1) is 0 Å². The third-order valence-corrected chi connectivity index (χ3v) is 3.81. The van der Waals surface area contributed by atoms with Crippen LogP contribution >= 0.6 is 0 Å². The smallest absolute Gasteiger partial charge is 0.416 e. The predicted molar refractivity (Wildman–Crippen MR) is 78.2 cm³/mol. The second kappa shape index (κ2) is 8.17. The van der Waals surface area contributed by atoms with Gasteiger partial charge in [-0.2, -0.15) is 13.2 Å². The molecule has 0 aliphatic heterocycles. The van der Waals surface area contributed by atoms with Crippen molar-refractivity contribution >= 4 is 5.97 Å². The van der Waals surface area contributed by atoms with E-state index in [1.807, 2.05) is 6.92 Å². The van der Waals surface area contributed by atoms with Gasteiger partial charge in [-0.05, 0) is 36.8 Å². The van der Waals surface area contributed by atoms with Crippen molar-refractivity contribution in [2.45, 2.75) is 44.8 Å². The Balaban J connectivity index is 2.70. The van der Waals surface area contributed by atoms with Crippen molar-refractivity contribution < 1.29 is 22.7 Å². The van der Waals surface area contributed by atoms with Crippen LogP contribution < -0.4 is 5.73 Å². The molecule has 0 heterocycles. The highest BCUT2D eigenvalue weighted by atomic mass is 19.4. The highest BCUT2D eigenvalue weighted by molar-refractivity contribution is 5.75. The normalized spacial score (nSPS) is 14.5. The Labute approximate surface area is 128 Å². The van der Waals surface area contributed by atoms with Crippen LogP contribution in [0.1, 0.15) is 37.3 Å². The number of aryl methyl sites for hydroxylation is 1. The molecule has 0 amide bonds. The summed E-state index contributed by atoms with van der Waals surface area (Å²) in [5.41, 5.74) is 5.40. The van der Waals surface area contributed by atoms with Gasteiger partial charge in [-0.25, -0.2) is 0 Å². The van der Waals surface area contributed by atoms with E-state index in [1.165, 1.54) is 19.2 Å². The minimum Gasteiger partial charge on any atom is -0.468 e. The van der Waals surface area contributed by atoms with Crippen LogP contribution in [0.15, 0.2) is 24.3 Å². The maximum Gasteiger partial charge on any atom is 0.416 e. The van der Waals surface area contributed by atoms with Crippen LogP contribution in [0.25, 0.3) is 0 Å². The van der Waals surface area contributed by atoms with Crippen LogP contribution in [0, 0.1) is 5.92 Å². The van der Waals surface area contributed by atoms with Crippen LogP contribution in [0.5, 0.6) is 0 Å². The fraction of sp³-hybridized carbons (Fsp3) is 0.562. The van der Waals surface area contributed by atoms with Gasteiger partial charge < -0.3 is 10.5 Å². The topological polar surface area (TPSA) is 52.3 Å². The number of carbonyl (C=O) groups excluding carboxylic acids is 1. The number of halogens is 3. The van der Waals surface area contributed by atoms with Crippen LogP contribution in [-0.2, 0) is 22.1 Å². The Morgan fingerprint density at radius 1 is 1.32 bits per heavy atom. The fourth-order valence-corrected chi connectivity index (χ4v) is 2.47. The third-order valence-electron chi connectivity index (χ3n) is 3.81. The number of hydrogen-bond donors (Lipinski definition) is 1. The van der Waals surface area contributed by atoms with Crippen molar-refractivity contribution in [3.05, 3.63) is 35.4 Å². The third kappa shape index (κ3) is 5.33. The minimum absolute atomic E-state index is 0.0791. The first-order valence-corrected chi connectivity index (χ1v) is 7.28. The van der Waals surface area contributed by atoms with Gasteiger partial charge in [0, 0.05) is 0 Å². The van der Waals surface area contributed by atoms with E-state index in [0.29, 0.717) is 19.3 Å². The monoisotopic (exact) mass is 317 g/mol. The summed E-state index contributed by atoms with van der Waals surface area (Å²) >= 11 is 0. The van der Waals surface area contributed by atoms with Crippen molar-refractivity contribution in [1.82, 2.24) is 0 Å². The Morgan fingerprint density at radius 3 is 2.50 bits per heavy atom. The summed E-state index contributed by atoms with van der Waals surface area (Å²) < 4.78 is 43.4. The number of esters is 1. The lowest BCUT2D eigenvalue weighted by molar-refractivity contribution is -0.142. The largest absolute Gasteiger partial charge is 0.468 e. The number of methoxy groups -OCH3 is 1. The highest BCUT2D eigenvalue weighted by Gasteiger charge is 2.32. The van der Waals surface area contributed by atoms with E-state index in [4.69, 9.17) is 5.73 Å². The highest BCUT2D eigenvalue weighted by Crippen LogP contribution is 2.33. The van der Waals surface area contributed by atoms with Gasteiger partial charge in [-0.1, -0.05) is 31.5 Å². The van der Waals surface area contributed by atoms with E-state index in [-0.39, 0.29) is 11.5 Å². The van der Waals surface area contributed by atoms with E-state index in [0.717, 1.165) is 12.5 Å². The molecule has 2 N–H and O–H groups in total. The maximum atomic E-state index is 12.9. The van der Waals surface area contributed by atoms with Crippen molar-refractivity contribution in [2.75, 3.05) is 7.11 Å². The van der Waals surface area contributed by atoms with Crippen LogP contribution in [0.3, 0.4) is 0 Å². The fourth-order valence-electron chi connectivity index (χ4n) is 2.47. The molecule has 1 aromatic carbocycles. The quantitative estimate of drug-likeness (QED) is 0.782. The van der Waals surface area contributed by atoms with Crippen LogP contribution in [0.2, 0.25) is 0 Å². The summed E-state index contributed by atoms with van der Waals surface area (Å²) in [6, 6.07) is 4.85. The lowest BCUT2D eigenvalue weighted by atomic mass is 9.90. The molecule has 1 rings (SSSR count). The summed E-state index contributed by atoms with van der Waals surface area (Å²) in [6.07, 6.45) is -2.33. The van der Waals surface area contributed by atoms with E-state index >= 15 is 0 Å². The lowest BCUT2D eigenvalue weighted by Gasteiger charge is -2.19. The number of benzene rings is 1. The standard InChI is InChI=1S/C16H22F3NO2/c1-3-11(10-14(20)15(21)22-2)8-9-12-6-4-5-7-13(12)16(17,18)19/h4-7,11,14H,3,8-10,20H2,1-2H3. The summed E-state index contributed by atoms with van der Waals surface area (Å²) in [5.74, 6) is -0.412. The molecule has 0 spiro atoms. The number of hydrogen-bond acceptors (Lipinski definition) is 3. The molecule has 1 aromatic rings. The van der Waals surface area contributed by atoms with Crippen molar-refractivity contribution in [1.29, 1.82) is 0 Å². The Hall–Kier alpha value is -1.56. The Morgan fingerprint density at radius 2 is 1.95 bits per heavy atom. The molecular formula is C16H22F3NO2. The second-order valence-corrected chi connectivity index (χ2v) is 5.33. The maximum absolute atomic E-state index is 12.9. The van der Waals surface area contributed by atoms with Crippen molar-refractivity contribution in [2.24, 2.45) is 11.7 Å². The number of carbonyl (C=O) groups is 1. The van der Waals surface area contributed by atoms with E-state index < -0.39 is 23.8 Å². The number of alkyl halides is 3. The van der Waals surface area contributed by atoms with Crippen molar-refractivity contribution in [3.63, 3.8) is 0 Å². The summed E-state index contributed by atoms with van der Waals surface area (Å²) in [6.45, 7) is 1.93. The molecule has 0 bridgehead atoms. The van der Waals surface area contributed by atoms with E-state index in [9.17, 15) is 18.0 Å². The van der Waals surface area contributed by atoms with Crippen LogP contribution in [-0.4, -0.2) is 19.1 Å². The van der Waals surface area contributed by atoms with Gasteiger partial charge in [0.15, 0.2) is 0 Å². The molecule has 22 heavy (non-hydrogen) atoms. The zero-order valence-corrected chi connectivity index (χ0v) is 12.8. The second-order valence-electron chi connectivity index (χ2n) is 5.33. The van der Waals surface area contributed by atoms with Gasteiger partial charge in [0.05, 0.1) is 12.7 Å². The zero-order valence-electron chi connectivity index (χ0n) is 12.8. The molecular weight excluding hydrogens is 295 g/mol. The van der Waals surface area contributed by atoms with Gasteiger partial charge >= 0.3 is 12.1 Å². The molecule has 0 saturated heterocycles. The SMILES string of the molecule is CCC(CCc1ccccc1C(F)(F)F)CC(N)C(=O)OC. The van der Waals surface area contributed by atoms with Gasteiger partial charge in [0.1, 0.15) is 6.04 Å². The van der Waals surface area contributed by atoms with Gasteiger partial charge in [0.2, 0.25) is 0 Å².